The third-order valence-electron chi connectivity index (χ3n) is 4.16. The van der Waals surface area contributed by atoms with Crippen LogP contribution in [0.15, 0.2) is 71.8 Å². The van der Waals surface area contributed by atoms with E-state index >= 15 is 0 Å². The number of nitro benzene ring substituents is 1. The number of carbonyl (C=O) groups excluding carboxylic acids is 1. The van der Waals surface area contributed by atoms with Crippen LogP contribution in [0.3, 0.4) is 0 Å². The van der Waals surface area contributed by atoms with Crippen molar-refractivity contribution in [2.45, 2.75) is 6.61 Å². The lowest BCUT2D eigenvalue weighted by Crippen LogP contribution is -2.19. The van der Waals surface area contributed by atoms with Crippen LogP contribution in [-0.4, -0.2) is 17.0 Å². The Bertz CT molecular complexity index is 1170. The molecule has 0 saturated heterocycles. The molecule has 3 aromatic rings. The second-order valence-electron chi connectivity index (χ2n) is 6.29. The number of rotatable bonds is 7. The van der Waals surface area contributed by atoms with Crippen LogP contribution in [0, 0.1) is 27.3 Å². The van der Waals surface area contributed by atoms with Gasteiger partial charge >= 0.3 is 0 Å². The van der Waals surface area contributed by atoms with Gasteiger partial charge in [0.2, 0.25) is 0 Å². The maximum atomic E-state index is 13.8. The zero-order valence-electron chi connectivity index (χ0n) is 16.0. The summed E-state index contributed by atoms with van der Waals surface area (Å²) in [7, 11) is 0. The number of hydrogen-bond donors (Lipinski definition) is 1. The number of non-ortho nitro benzene ring substituents is 1. The van der Waals surface area contributed by atoms with E-state index in [0.717, 1.165) is 11.6 Å². The quantitative estimate of drug-likeness (QED) is 0.354. The van der Waals surface area contributed by atoms with Gasteiger partial charge in [0.1, 0.15) is 18.2 Å². The maximum absolute atomic E-state index is 13.8. The van der Waals surface area contributed by atoms with Crippen molar-refractivity contribution in [3.8, 4) is 11.8 Å². The van der Waals surface area contributed by atoms with Crippen molar-refractivity contribution in [3.05, 3.63) is 105 Å². The summed E-state index contributed by atoms with van der Waals surface area (Å²) in [4.78, 5) is 22.2. The lowest BCUT2D eigenvalue weighted by atomic mass is 10.1. The molecule has 0 aliphatic carbocycles. The van der Waals surface area contributed by atoms with Crippen LogP contribution >= 0.6 is 0 Å². The summed E-state index contributed by atoms with van der Waals surface area (Å²) in [6.07, 6.45) is 1.39. The highest BCUT2D eigenvalue weighted by Crippen LogP contribution is 2.16. The lowest BCUT2D eigenvalue weighted by molar-refractivity contribution is -0.384. The Balaban J connectivity index is 1.53. The zero-order chi connectivity index (χ0) is 22.2. The number of nitrogens with one attached hydrogen (secondary N) is 1. The SMILES string of the molecule is N#Cc1ccc(C(=O)N/N=C\c2ccc(OCc3ccc([N+](=O)[O-])cc3)cc2)c(F)c1. The first-order valence-corrected chi connectivity index (χ1v) is 8.95. The van der Waals surface area contributed by atoms with Crippen LogP contribution in [0.2, 0.25) is 0 Å². The Morgan fingerprint density at radius 3 is 2.48 bits per heavy atom. The van der Waals surface area contributed by atoms with Gasteiger partial charge in [-0.15, -0.1) is 0 Å². The van der Waals surface area contributed by atoms with Crippen molar-refractivity contribution in [3.63, 3.8) is 0 Å². The van der Waals surface area contributed by atoms with Gasteiger partial charge in [-0.1, -0.05) is 0 Å². The Kier molecular flexibility index (Phi) is 6.65. The third-order valence-corrected chi connectivity index (χ3v) is 4.16. The summed E-state index contributed by atoms with van der Waals surface area (Å²) in [5.41, 5.74) is 3.60. The number of ether oxygens (including phenoxy) is 1. The molecule has 154 valence electrons. The van der Waals surface area contributed by atoms with Gasteiger partial charge in [-0.3, -0.25) is 14.9 Å². The van der Waals surface area contributed by atoms with E-state index in [2.05, 4.69) is 10.5 Å². The first-order valence-electron chi connectivity index (χ1n) is 8.95. The number of nitrogens with zero attached hydrogens (tertiary/aromatic N) is 3. The van der Waals surface area contributed by atoms with E-state index in [-0.39, 0.29) is 23.4 Å². The molecule has 0 heterocycles. The Morgan fingerprint density at radius 1 is 1.16 bits per heavy atom. The van der Waals surface area contributed by atoms with Crippen LogP contribution in [0.25, 0.3) is 0 Å². The molecule has 8 nitrogen and oxygen atoms in total. The minimum absolute atomic E-state index is 0.0152. The average molecular weight is 418 g/mol. The number of nitriles is 1. The average Bonchev–Trinajstić information content (AvgIpc) is 2.78. The summed E-state index contributed by atoms with van der Waals surface area (Å²) >= 11 is 0. The summed E-state index contributed by atoms with van der Waals surface area (Å²) < 4.78 is 19.5. The molecule has 0 unspecified atom stereocenters. The highest BCUT2D eigenvalue weighted by Gasteiger charge is 2.11. The predicted molar refractivity (Wildman–Crippen MR) is 110 cm³/mol. The van der Waals surface area contributed by atoms with Crippen LogP contribution in [0.4, 0.5) is 10.1 Å². The molecule has 9 heteroatoms. The van der Waals surface area contributed by atoms with Crippen molar-refractivity contribution < 1.29 is 18.8 Å². The molecule has 0 aliphatic heterocycles. The number of amides is 1. The third kappa shape index (κ3) is 5.71. The first kappa shape index (κ1) is 21.1. The maximum Gasteiger partial charge on any atom is 0.274 e. The fourth-order valence-corrected chi connectivity index (χ4v) is 2.53. The van der Waals surface area contributed by atoms with Gasteiger partial charge in [0.25, 0.3) is 11.6 Å². The highest BCUT2D eigenvalue weighted by atomic mass is 19.1. The Hall–Kier alpha value is -4.58. The monoisotopic (exact) mass is 418 g/mol. The first-order chi connectivity index (χ1) is 15.0. The molecular weight excluding hydrogens is 403 g/mol. The van der Waals surface area contributed by atoms with E-state index in [1.807, 2.05) is 0 Å². The van der Waals surface area contributed by atoms with E-state index in [9.17, 15) is 19.3 Å². The van der Waals surface area contributed by atoms with Gasteiger partial charge in [-0.2, -0.15) is 10.4 Å². The topological polar surface area (TPSA) is 118 Å². The number of nitro groups is 1. The summed E-state index contributed by atoms with van der Waals surface area (Å²) in [5, 5.41) is 23.2. The second kappa shape index (κ2) is 9.76. The van der Waals surface area contributed by atoms with Gasteiger partial charge < -0.3 is 4.74 Å². The molecule has 31 heavy (non-hydrogen) atoms. The minimum atomic E-state index is -0.804. The molecule has 0 bridgehead atoms. The molecule has 1 N–H and O–H groups in total. The molecule has 0 spiro atoms. The zero-order valence-corrected chi connectivity index (χ0v) is 16.0. The lowest BCUT2D eigenvalue weighted by Gasteiger charge is -2.06. The second-order valence-corrected chi connectivity index (χ2v) is 6.29. The van der Waals surface area contributed by atoms with Crippen molar-refractivity contribution in [2.75, 3.05) is 0 Å². The van der Waals surface area contributed by atoms with E-state index in [4.69, 9.17) is 10.00 Å². The summed E-state index contributed by atoms with van der Waals surface area (Å²) in [6, 6.07) is 18.2. The van der Waals surface area contributed by atoms with Crippen molar-refractivity contribution in [2.24, 2.45) is 5.10 Å². The molecule has 1 amide bonds. The van der Waals surface area contributed by atoms with Gasteiger partial charge in [0.05, 0.1) is 28.3 Å². The predicted octanol–water partition coefficient (Wildman–Crippen LogP) is 3.95. The van der Waals surface area contributed by atoms with Crippen LogP contribution < -0.4 is 10.2 Å². The fourth-order valence-electron chi connectivity index (χ4n) is 2.53. The van der Waals surface area contributed by atoms with Crippen molar-refractivity contribution >= 4 is 17.8 Å². The fraction of sp³-hybridized carbons (Fsp3) is 0.0455. The molecule has 0 aromatic heterocycles. The Labute approximate surface area is 176 Å². The van der Waals surface area contributed by atoms with Gasteiger partial charge in [-0.05, 0) is 65.7 Å². The summed E-state index contributed by atoms with van der Waals surface area (Å²) in [6.45, 7) is 0.248. The molecule has 0 aliphatic rings. The van der Waals surface area contributed by atoms with E-state index in [1.54, 1.807) is 42.5 Å². The number of carbonyl (C=O) groups is 1. The molecule has 0 atom stereocenters. The number of benzene rings is 3. The molecule has 0 radical (unpaired) electrons. The van der Waals surface area contributed by atoms with Gasteiger partial charge in [0.15, 0.2) is 0 Å². The largest absolute Gasteiger partial charge is 0.489 e. The smallest absolute Gasteiger partial charge is 0.274 e. The normalized spacial score (nSPS) is 10.5. The molecule has 3 rings (SSSR count). The number of hydrogen-bond acceptors (Lipinski definition) is 6. The van der Waals surface area contributed by atoms with Crippen LogP contribution in [-0.2, 0) is 6.61 Å². The van der Waals surface area contributed by atoms with Gasteiger partial charge in [-0.25, -0.2) is 9.82 Å². The van der Waals surface area contributed by atoms with Crippen molar-refractivity contribution in [1.29, 1.82) is 5.26 Å². The van der Waals surface area contributed by atoms with E-state index in [0.29, 0.717) is 11.3 Å². The molecule has 0 saturated carbocycles. The van der Waals surface area contributed by atoms with Crippen LogP contribution in [0.1, 0.15) is 27.0 Å². The summed E-state index contributed by atoms with van der Waals surface area (Å²) in [5.74, 6) is -0.957. The number of halogens is 1. The highest BCUT2D eigenvalue weighted by molar-refractivity contribution is 5.95. The number of hydrazone groups is 1. The van der Waals surface area contributed by atoms with Crippen LogP contribution in [0.5, 0.6) is 5.75 Å². The van der Waals surface area contributed by atoms with E-state index in [1.165, 1.54) is 30.5 Å². The standard InChI is InChI=1S/C22H15FN4O4/c23-21-11-17(12-24)5-10-20(21)22(28)26-25-13-15-3-8-19(9-4-15)31-14-16-1-6-18(7-2-16)27(29)30/h1-11,13H,14H2,(H,26,28)/b25-13-. The molecular formula is C22H15FN4O4. The molecule has 0 fully saturated rings. The molecule has 3 aromatic carbocycles. The van der Waals surface area contributed by atoms with Crippen molar-refractivity contribution in [1.82, 2.24) is 5.43 Å². The minimum Gasteiger partial charge on any atom is -0.489 e. The van der Waals surface area contributed by atoms with Gasteiger partial charge in [0, 0.05) is 12.1 Å². The van der Waals surface area contributed by atoms with E-state index < -0.39 is 16.6 Å². The Morgan fingerprint density at radius 2 is 1.87 bits per heavy atom.